The van der Waals surface area contributed by atoms with Crippen LogP contribution in [0, 0.1) is 0 Å². The highest BCUT2D eigenvalue weighted by Crippen LogP contribution is 2.34. The van der Waals surface area contributed by atoms with Crippen molar-refractivity contribution in [2.75, 3.05) is 17.8 Å². The van der Waals surface area contributed by atoms with Crippen LogP contribution in [0.5, 0.6) is 0 Å². The first-order valence-corrected chi connectivity index (χ1v) is 14.3. The first-order valence-electron chi connectivity index (χ1n) is 11.7. The van der Waals surface area contributed by atoms with Crippen LogP contribution in [0.1, 0.15) is 31.4 Å². The Morgan fingerprint density at radius 1 is 1.00 bits per heavy atom. The Hall–Kier alpha value is -2.88. The van der Waals surface area contributed by atoms with Gasteiger partial charge in [-0.15, -0.1) is 0 Å². The van der Waals surface area contributed by atoms with Crippen molar-refractivity contribution in [1.82, 2.24) is 9.80 Å². The number of nitrogens with one attached hydrogen (secondary N) is 1. The predicted molar refractivity (Wildman–Crippen MR) is 148 cm³/mol. The van der Waals surface area contributed by atoms with Crippen molar-refractivity contribution in [2.45, 2.75) is 37.1 Å². The van der Waals surface area contributed by atoms with E-state index < -0.39 is 21.5 Å². The molecule has 0 aliphatic carbocycles. The lowest BCUT2D eigenvalue weighted by atomic mass is 9.84. The van der Waals surface area contributed by atoms with E-state index in [0.29, 0.717) is 29.4 Å². The van der Waals surface area contributed by atoms with Gasteiger partial charge in [-0.05, 0) is 41.5 Å². The second-order valence-corrected chi connectivity index (χ2v) is 12.5. The summed E-state index contributed by atoms with van der Waals surface area (Å²) in [6.07, 6.45) is 0.174. The second kappa shape index (κ2) is 10.8. The van der Waals surface area contributed by atoms with Gasteiger partial charge in [-0.2, -0.15) is 0 Å². The molecule has 1 saturated heterocycles. The Kier molecular flexibility index (Phi) is 7.96. The highest BCUT2D eigenvalue weighted by atomic mass is 79.9. The third-order valence-electron chi connectivity index (χ3n) is 6.29. The number of imide groups is 1. The van der Waals surface area contributed by atoms with Gasteiger partial charge in [0.15, 0.2) is 0 Å². The Bertz CT molecular complexity index is 1430. The maximum Gasteiger partial charge on any atom is 0.327 e. The molecule has 7 nitrogen and oxygen atoms in total. The van der Waals surface area contributed by atoms with Gasteiger partial charge in [-0.3, -0.25) is 14.4 Å². The zero-order valence-electron chi connectivity index (χ0n) is 20.4. The van der Waals surface area contributed by atoms with Crippen molar-refractivity contribution in [1.29, 1.82) is 0 Å². The molecular weight excluding hydrogens is 578 g/mol. The van der Waals surface area contributed by atoms with Crippen molar-refractivity contribution in [2.24, 2.45) is 0 Å². The van der Waals surface area contributed by atoms with E-state index in [1.54, 1.807) is 47.4 Å². The quantitative estimate of drug-likeness (QED) is 0.340. The highest BCUT2D eigenvalue weighted by molar-refractivity contribution is 9.10. The van der Waals surface area contributed by atoms with E-state index in [0.717, 1.165) is 10.0 Å². The van der Waals surface area contributed by atoms with Crippen molar-refractivity contribution >= 4 is 55.2 Å². The molecule has 1 N–H and O–H groups in total. The number of amides is 3. The number of hydrogen-bond donors (Lipinski definition) is 1. The molecule has 0 bridgehead atoms. The van der Waals surface area contributed by atoms with Crippen molar-refractivity contribution in [3.8, 4) is 0 Å². The molecule has 0 aromatic heterocycles. The normalized spacial score (nSPS) is 14.7. The summed E-state index contributed by atoms with van der Waals surface area (Å²) in [7, 11) is -3.84. The molecule has 3 aromatic rings. The first kappa shape index (κ1) is 27.2. The smallest absolute Gasteiger partial charge is 0.323 e. The Labute approximate surface area is 230 Å². The number of benzene rings is 3. The summed E-state index contributed by atoms with van der Waals surface area (Å²) in [5.74, 6) is -0.304. The molecule has 0 spiro atoms. The molecule has 0 atom stereocenters. The molecule has 1 aliphatic rings. The lowest BCUT2D eigenvalue weighted by Crippen LogP contribution is -2.54. The molecule has 0 unspecified atom stereocenters. The topological polar surface area (TPSA) is 86.8 Å². The lowest BCUT2D eigenvalue weighted by molar-refractivity contribution is -0.131. The third kappa shape index (κ3) is 6.17. The van der Waals surface area contributed by atoms with E-state index in [2.05, 4.69) is 20.7 Å². The van der Waals surface area contributed by atoms with Crippen LogP contribution in [0.3, 0.4) is 0 Å². The summed E-state index contributed by atoms with van der Waals surface area (Å²) in [6.45, 7) is 4.61. The standard InChI is InChI=1S/C27H27BrClN3O4S/c1-27(2,22-13-12-20(28)16-23(22)29)18-31-15-14-25(33)32(26(31)34)17-19-8-6-7-11-24(19)30-37(35,36)21-9-4-3-5-10-21/h3-13,16,30H,14-15,17-18H2,1-2H3. The van der Waals surface area contributed by atoms with E-state index in [4.69, 9.17) is 11.6 Å². The molecule has 10 heteroatoms. The van der Waals surface area contributed by atoms with Gasteiger partial charge in [0.2, 0.25) is 5.91 Å². The monoisotopic (exact) mass is 603 g/mol. The number of carbonyl (C=O) groups excluding carboxylic acids is 2. The largest absolute Gasteiger partial charge is 0.327 e. The summed E-state index contributed by atoms with van der Waals surface area (Å²) < 4.78 is 29.2. The van der Waals surface area contributed by atoms with Gasteiger partial charge in [0.25, 0.3) is 10.0 Å². The van der Waals surface area contributed by atoms with Gasteiger partial charge < -0.3 is 4.90 Å². The van der Waals surface area contributed by atoms with E-state index in [1.807, 2.05) is 32.0 Å². The molecule has 3 amide bonds. The number of anilines is 1. The molecule has 0 radical (unpaired) electrons. The molecule has 0 saturated carbocycles. The summed E-state index contributed by atoms with van der Waals surface area (Å²) in [5, 5.41) is 0.594. The zero-order valence-corrected chi connectivity index (χ0v) is 23.6. The van der Waals surface area contributed by atoms with Crippen LogP contribution in [-0.4, -0.2) is 43.2 Å². The first-order chi connectivity index (χ1) is 17.5. The Morgan fingerprint density at radius 3 is 2.38 bits per heavy atom. The van der Waals surface area contributed by atoms with Gasteiger partial charge in [-0.25, -0.2) is 13.2 Å². The molecule has 1 heterocycles. The fraction of sp³-hybridized carbons (Fsp3) is 0.259. The maximum absolute atomic E-state index is 13.5. The minimum absolute atomic E-state index is 0.0544. The number of nitrogens with zero attached hydrogens (tertiary/aromatic N) is 2. The van der Waals surface area contributed by atoms with E-state index >= 15 is 0 Å². The zero-order chi connectivity index (χ0) is 26.8. The van der Waals surface area contributed by atoms with Crippen LogP contribution in [-0.2, 0) is 26.8 Å². The van der Waals surface area contributed by atoms with Crippen LogP contribution in [0.15, 0.2) is 82.2 Å². The average molecular weight is 605 g/mol. The fourth-order valence-corrected chi connectivity index (χ4v) is 6.42. The van der Waals surface area contributed by atoms with Crippen LogP contribution < -0.4 is 4.72 Å². The molecular formula is C27H27BrClN3O4S. The molecule has 1 aliphatic heterocycles. The summed E-state index contributed by atoms with van der Waals surface area (Å²) in [6, 6.07) is 20.0. The van der Waals surface area contributed by atoms with Gasteiger partial charge in [0, 0.05) is 34.4 Å². The van der Waals surface area contributed by atoms with E-state index in [9.17, 15) is 18.0 Å². The van der Waals surface area contributed by atoms with E-state index in [-0.39, 0.29) is 23.8 Å². The number of para-hydroxylation sites is 1. The number of halogens is 2. The van der Waals surface area contributed by atoms with Crippen LogP contribution in [0.4, 0.5) is 10.5 Å². The minimum Gasteiger partial charge on any atom is -0.323 e. The molecule has 3 aromatic carbocycles. The molecule has 4 rings (SSSR count). The van der Waals surface area contributed by atoms with Gasteiger partial charge in [0.1, 0.15) is 0 Å². The number of sulfonamides is 1. The second-order valence-electron chi connectivity index (χ2n) is 9.52. The molecule has 1 fully saturated rings. The van der Waals surface area contributed by atoms with E-state index in [1.165, 1.54) is 17.0 Å². The highest BCUT2D eigenvalue weighted by Gasteiger charge is 2.36. The van der Waals surface area contributed by atoms with Crippen LogP contribution >= 0.6 is 27.5 Å². The van der Waals surface area contributed by atoms with Crippen molar-refractivity contribution in [3.05, 3.63) is 93.4 Å². The predicted octanol–water partition coefficient (Wildman–Crippen LogP) is 6.04. The minimum atomic E-state index is -3.84. The summed E-state index contributed by atoms with van der Waals surface area (Å²) in [5.41, 5.74) is 1.25. The van der Waals surface area contributed by atoms with Gasteiger partial charge in [-0.1, -0.05) is 83.8 Å². The van der Waals surface area contributed by atoms with Gasteiger partial charge in [0.05, 0.1) is 17.1 Å². The lowest BCUT2D eigenvalue weighted by Gasteiger charge is -2.39. The molecule has 194 valence electrons. The van der Waals surface area contributed by atoms with Crippen molar-refractivity contribution < 1.29 is 18.0 Å². The fourth-order valence-electron chi connectivity index (χ4n) is 4.37. The average Bonchev–Trinajstić information content (AvgIpc) is 2.84. The SMILES string of the molecule is CC(C)(CN1CCC(=O)N(Cc2ccccc2NS(=O)(=O)c2ccccc2)C1=O)c1ccc(Br)cc1Cl. The maximum atomic E-state index is 13.5. The summed E-state index contributed by atoms with van der Waals surface area (Å²) >= 11 is 9.91. The number of urea groups is 1. The number of rotatable bonds is 8. The Morgan fingerprint density at radius 2 is 1.68 bits per heavy atom. The third-order valence-corrected chi connectivity index (χ3v) is 8.48. The number of hydrogen-bond acceptors (Lipinski definition) is 4. The number of carbonyl (C=O) groups is 2. The summed E-state index contributed by atoms with van der Waals surface area (Å²) in [4.78, 5) is 29.2. The van der Waals surface area contributed by atoms with Crippen molar-refractivity contribution in [3.63, 3.8) is 0 Å². The van der Waals surface area contributed by atoms with Crippen LogP contribution in [0.2, 0.25) is 5.02 Å². The Balaban J connectivity index is 1.55. The van der Waals surface area contributed by atoms with Crippen LogP contribution in [0.25, 0.3) is 0 Å². The molecule has 37 heavy (non-hydrogen) atoms. The van der Waals surface area contributed by atoms with Gasteiger partial charge >= 0.3 is 6.03 Å².